The Labute approximate surface area is 164 Å². The molecule has 8 heteroatoms. The molecular weight excluding hydrogens is 362 g/mol. The standard InChI is InChI=1S/C19H25N5O2S/c1-5-22-16-17(23(6-2)19(22)25)24(18(21-16)27-4)20-13-7-8-14-9-11-15(26-3)12-10-14/h7-13,16-17H,5-6H2,1-4H3/b8-7+,20-13+. The van der Waals surface area contributed by atoms with E-state index in [1.807, 2.05) is 66.4 Å². The summed E-state index contributed by atoms with van der Waals surface area (Å²) >= 11 is 1.54. The Bertz CT molecular complexity index is 762. The maximum atomic E-state index is 12.6. The van der Waals surface area contributed by atoms with Crippen molar-refractivity contribution < 1.29 is 9.53 Å². The molecule has 1 aromatic rings. The fraction of sp³-hybridized carbons (Fsp3) is 0.421. The van der Waals surface area contributed by atoms with Crippen LogP contribution in [0.5, 0.6) is 5.75 Å². The predicted molar refractivity (Wildman–Crippen MR) is 111 cm³/mol. The van der Waals surface area contributed by atoms with Crippen LogP contribution in [0.2, 0.25) is 0 Å². The van der Waals surface area contributed by atoms with Crippen molar-refractivity contribution in [3.8, 4) is 5.75 Å². The summed E-state index contributed by atoms with van der Waals surface area (Å²) < 4.78 is 5.17. The minimum Gasteiger partial charge on any atom is -0.497 e. The summed E-state index contributed by atoms with van der Waals surface area (Å²) in [6.45, 7) is 5.22. The highest BCUT2D eigenvalue weighted by molar-refractivity contribution is 8.13. The molecule has 0 aliphatic carbocycles. The van der Waals surface area contributed by atoms with Gasteiger partial charge >= 0.3 is 6.03 Å². The van der Waals surface area contributed by atoms with E-state index >= 15 is 0 Å². The van der Waals surface area contributed by atoms with Gasteiger partial charge in [-0.1, -0.05) is 30.0 Å². The first-order valence-electron chi connectivity index (χ1n) is 8.97. The molecule has 0 radical (unpaired) electrons. The number of amidine groups is 1. The maximum Gasteiger partial charge on any atom is 0.323 e. The summed E-state index contributed by atoms with van der Waals surface area (Å²) in [4.78, 5) is 20.9. The number of fused-ring (bicyclic) bond motifs is 1. The fourth-order valence-corrected chi connectivity index (χ4v) is 3.84. The zero-order valence-corrected chi connectivity index (χ0v) is 16.9. The van der Waals surface area contributed by atoms with Crippen LogP contribution >= 0.6 is 11.8 Å². The van der Waals surface area contributed by atoms with E-state index in [1.54, 1.807) is 30.0 Å². The molecule has 144 valence electrons. The lowest BCUT2D eigenvalue weighted by atomic mass is 10.2. The van der Waals surface area contributed by atoms with Crippen LogP contribution in [0.15, 0.2) is 40.4 Å². The van der Waals surface area contributed by atoms with Gasteiger partial charge in [0, 0.05) is 19.3 Å². The molecule has 27 heavy (non-hydrogen) atoms. The lowest BCUT2D eigenvalue weighted by Gasteiger charge is -2.27. The summed E-state index contributed by atoms with van der Waals surface area (Å²) in [5.41, 5.74) is 1.06. The second-order valence-corrected chi connectivity index (χ2v) is 6.81. The number of allylic oxidation sites excluding steroid dienone is 1. The van der Waals surface area contributed by atoms with Crippen LogP contribution in [0, 0.1) is 0 Å². The summed E-state index contributed by atoms with van der Waals surface area (Å²) in [7, 11) is 1.65. The third-order valence-corrected chi connectivity index (χ3v) is 5.29. The maximum absolute atomic E-state index is 12.6. The number of ether oxygens (including phenoxy) is 1. The number of hydrogen-bond donors (Lipinski definition) is 0. The Kier molecular flexibility index (Phi) is 6.05. The van der Waals surface area contributed by atoms with Gasteiger partial charge in [0.05, 0.1) is 7.11 Å². The number of urea groups is 1. The van der Waals surface area contributed by atoms with E-state index in [-0.39, 0.29) is 18.4 Å². The number of aliphatic imine (C=N–C) groups is 1. The molecule has 0 N–H and O–H groups in total. The van der Waals surface area contributed by atoms with Gasteiger partial charge < -0.3 is 4.74 Å². The highest BCUT2D eigenvalue weighted by atomic mass is 32.2. The van der Waals surface area contributed by atoms with Crippen molar-refractivity contribution >= 4 is 35.3 Å². The molecule has 3 rings (SSSR count). The van der Waals surface area contributed by atoms with E-state index < -0.39 is 0 Å². The van der Waals surface area contributed by atoms with Crippen molar-refractivity contribution in [2.75, 3.05) is 26.5 Å². The Morgan fingerprint density at radius 2 is 1.93 bits per heavy atom. The lowest BCUT2D eigenvalue weighted by Crippen LogP contribution is -2.45. The van der Waals surface area contributed by atoms with Crippen molar-refractivity contribution in [3.05, 3.63) is 35.9 Å². The van der Waals surface area contributed by atoms with Crippen LogP contribution in [0.3, 0.4) is 0 Å². The van der Waals surface area contributed by atoms with Gasteiger partial charge in [0.2, 0.25) is 0 Å². The van der Waals surface area contributed by atoms with E-state index in [0.29, 0.717) is 13.1 Å². The van der Waals surface area contributed by atoms with Crippen molar-refractivity contribution in [1.29, 1.82) is 0 Å². The highest BCUT2D eigenvalue weighted by Gasteiger charge is 2.52. The number of benzene rings is 1. The number of thioether (sulfide) groups is 1. The molecular formula is C19H25N5O2S. The number of hydrazone groups is 1. The van der Waals surface area contributed by atoms with Gasteiger partial charge in [0.1, 0.15) is 5.75 Å². The molecule has 2 atom stereocenters. The highest BCUT2D eigenvalue weighted by Crippen LogP contribution is 2.33. The molecule has 2 aliphatic rings. The Morgan fingerprint density at radius 1 is 1.22 bits per heavy atom. The quantitative estimate of drug-likeness (QED) is 0.704. The molecule has 1 aromatic carbocycles. The second kappa shape index (κ2) is 8.47. The number of carbonyl (C=O) groups is 1. The smallest absolute Gasteiger partial charge is 0.323 e. The molecule has 7 nitrogen and oxygen atoms in total. The third kappa shape index (κ3) is 3.66. The number of hydrogen-bond acceptors (Lipinski definition) is 6. The molecule has 1 fully saturated rings. The van der Waals surface area contributed by atoms with E-state index in [0.717, 1.165) is 16.5 Å². The van der Waals surface area contributed by atoms with Gasteiger partial charge in [-0.15, -0.1) is 0 Å². The van der Waals surface area contributed by atoms with Crippen LogP contribution in [0.25, 0.3) is 6.08 Å². The number of amides is 2. The van der Waals surface area contributed by atoms with Crippen molar-refractivity contribution in [3.63, 3.8) is 0 Å². The fourth-order valence-electron chi connectivity index (χ4n) is 3.28. The van der Waals surface area contributed by atoms with E-state index in [9.17, 15) is 4.79 Å². The molecule has 2 amide bonds. The van der Waals surface area contributed by atoms with Crippen LogP contribution in [-0.4, -0.2) is 71.0 Å². The molecule has 2 aliphatic heterocycles. The second-order valence-electron chi connectivity index (χ2n) is 6.04. The predicted octanol–water partition coefficient (Wildman–Crippen LogP) is 3.16. The number of methoxy groups -OCH3 is 1. The van der Waals surface area contributed by atoms with Crippen molar-refractivity contribution in [2.45, 2.75) is 26.2 Å². The van der Waals surface area contributed by atoms with Crippen LogP contribution in [0.4, 0.5) is 4.79 Å². The number of nitrogens with zero attached hydrogens (tertiary/aromatic N) is 5. The van der Waals surface area contributed by atoms with Crippen molar-refractivity contribution in [2.24, 2.45) is 10.1 Å². The number of carbonyl (C=O) groups excluding carboxylic acids is 1. The first kappa shape index (κ1) is 19.3. The average Bonchev–Trinajstić information content (AvgIpc) is 3.18. The summed E-state index contributed by atoms with van der Waals surface area (Å²) in [6.07, 6.45) is 7.19. The SMILES string of the molecule is CCN1C(=O)N(CC)C2C1N=C(SC)N2/N=C/C=C/c1ccc(OC)cc1. The normalized spacial score (nSPS) is 22.3. The zero-order valence-electron chi connectivity index (χ0n) is 16.1. The average molecular weight is 388 g/mol. The van der Waals surface area contributed by atoms with Crippen LogP contribution < -0.4 is 4.74 Å². The first-order chi connectivity index (χ1) is 13.1. The molecule has 0 spiro atoms. The van der Waals surface area contributed by atoms with Crippen LogP contribution in [0.1, 0.15) is 19.4 Å². The molecule has 0 saturated carbocycles. The largest absolute Gasteiger partial charge is 0.497 e. The van der Waals surface area contributed by atoms with Gasteiger partial charge in [0.15, 0.2) is 17.5 Å². The molecule has 0 aromatic heterocycles. The number of rotatable bonds is 6. The minimum atomic E-state index is -0.201. The minimum absolute atomic E-state index is 0.0212. The molecule has 0 bridgehead atoms. The van der Waals surface area contributed by atoms with E-state index in [2.05, 4.69) is 5.10 Å². The lowest BCUT2D eigenvalue weighted by molar-refractivity contribution is 0.155. The Morgan fingerprint density at radius 3 is 2.52 bits per heavy atom. The van der Waals surface area contributed by atoms with Gasteiger partial charge in [-0.25, -0.2) is 14.8 Å². The van der Waals surface area contributed by atoms with Gasteiger partial charge in [-0.05, 0) is 43.9 Å². The van der Waals surface area contributed by atoms with E-state index in [4.69, 9.17) is 9.73 Å². The van der Waals surface area contributed by atoms with Gasteiger partial charge in [-0.2, -0.15) is 5.10 Å². The summed E-state index contributed by atoms with van der Waals surface area (Å²) in [5, 5.41) is 7.27. The number of likely N-dealkylation sites (N-methyl/N-ethyl adjacent to an activating group) is 2. The van der Waals surface area contributed by atoms with Gasteiger partial charge in [0.25, 0.3) is 0 Å². The summed E-state index contributed by atoms with van der Waals surface area (Å²) in [6, 6.07) is 7.83. The summed E-state index contributed by atoms with van der Waals surface area (Å²) in [5.74, 6) is 0.829. The molecule has 1 saturated heterocycles. The Hall–Kier alpha value is -2.48. The zero-order chi connectivity index (χ0) is 19.4. The van der Waals surface area contributed by atoms with Crippen molar-refractivity contribution in [1.82, 2.24) is 14.8 Å². The molecule has 2 unspecified atom stereocenters. The topological polar surface area (TPSA) is 60.7 Å². The third-order valence-electron chi connectivity index (χ3n) is 4.63. The molecule has 2 heterocycles. The van der Waals surface area contributed by atoms with E-state index in [1.165, 1.54) is 0 Å². The Balaban J connectivity index is 1.76. The monoisotopic (exact) mass is 387 g/mol. The van der Waals surface area contributed by atoms with Crippen LogP contribution in [-0.2, 0) is 0 Å². The first-order valence-corrected chi connectivity index (χ1v) is 10.2. The van der Waals surface area contributed by atoms with Gasteiger partial charge in [-0.3, -0.25) is 9.80 Å².